The Labute approximate surface area is 202 Å². The highest BCUT2D eigenvalue weighted by Gasteiger charge is 2.30. The van der Waals surface area contributed by atoms with Crippen molar-refractivity contribution in [2.75, 3.05) is 5.32 Å². The highest BCUT2D eigenvalue weighted by Crippen LogP contribution is 2.31. The van der Waals surface area contributed by atoms with Crippen molar-refractivity contribution in [3.05, 3.63) is 29.2 Å². The molecule has 1 aliphatic carbocycles. The lowest BCUT2D eigenvalue weighted by Crippen LogP contribution is -2.32. The maximum atomic E-state index is 10.9. The van der Waals surface area contributed by atoms with Gasteiger partial charge in [-0.2, -0.15) is 13.5 Å². The molecule has 1 aliphatic rings. The van der Waals surface area contributed by atoms with E-state index in [9.17, 15) is 5.11 Å². The van der Waals surface area contributed by atoms with Crippen LogP contribution in [0.3, 0.4) is 0 Å². The van der Waals surface area contributed by atoms with Gasteiger partial charge in [-0.05, 0) is 58.3 Å². The molecular weight excluding hydrogens is 436 g/mol. The second-order valence-corrected chi connectivity index (χ2v) is 9.18. The Bertz CT molecular complexity index is 1160. The van der Waals surface area contributed by atoms with Crippen molar-refractivity contribution in [2.24, 2.45) is 5.92 Å². The summed E-state index contributed by atoms with van der Waals surface area (Å²) < 4.78 is 7.28. The van der Waals surface area contributed by atoms with E-state index in [2.05, 4.69) is 53.1 Å². The summed E-state index contributed by atoms with van der Waals surface area (Å²) in [5.41, 5.74) is 2.28. The van der Waals surface area contributed by atoms with Crippen LogP contribution in [-0.4, -0.2) is 41.4 Å². The molecule has 33 heavy (non-hydrogen) atoms. The Kier molecular flexibility index (Phi) is 7.70. The zero-order valence-electron chi connectivity index (χ0n) is 20.1. The van der Waals surface area contributed by atoms with Gasteiger partial charge >= 0.3 is 0 Å². The number of nitrogens with one attached hydrogen (secondary N) is 1. The van der Waals surface area contributed by atoms with Crippen LogP contribution in [0.1, 0.15) is 75.7 Å². The quantitative estimate of drug-likeness (QED) is 0.541. The molecule has 0 bridgehead atoms. The van der Waals surface area contributed by atoms with Crippen molar-refractivity contribution in [1.29, 1.82) is 0 Å². The van der Waals surface area contributed by atoms with E-state index in [1.54, 1.807) is 6.33 Å². The van der Waals surface area contributed by atoms with E-state index in [-0.39, 0.29) is 19.5 Å². The fraction of sp³-hybridized carbons (Fsp3) is 0.583. The average molecular weight is 471 g/mol. The molecule has 3 atom stereocenters. The smallest absolute Gasteiger partial charge is 0.209 e. The van der Waals surface area contributed by atoms with E-state index in [1.165, 1.54) is 0 Å². The minimum absolute atomic E-state index is 0. The maximum absolute atomic E-state index is 10.9. The number of aromatic nitrogens is 5. The lowest BCUT2D eigenvalue weighted by molar-refractivity contribution is 0.0410. The van der Waals surface area contributed by atoms with Crippen molar-refractivity contribution in [2.45, 2.75) is 84.9 Å². The number of rotatable bonds is 5. The molecule has 1 fully saturated rings. The molecule has 3 aromatic rings. The Morgan fingerprint density at radius 3 is 2.82 bits per heavy atom. The maximum Gasteiger partial charge on any atom is 0.209 e. The molecule has 1 saturated carbocycles. The molecule has 0 aromatic carbocycles. The van der Waals surface area contributed by atoms with Crippen LogP contribution in [-0.2, 0) is 6.54 Å². The van der Waals surface area contributed by atoms with Gasteiger partial charge in [0.1, 0.15) is 11.4 Å². The molecule has 0 radical (unpaired) electrons. The minimum atomic E-state index is -0.975. The highest BCUT2D eigenvalue weighted by molar-refractivity contribution is 7.59. The fourth-order valence-electron chi connectivity index (χ4n) is 4.26. The summed E-state index contributed by atoms with van der Waals surface area (Å²) >= 11 is 0. The second-order valence-electron chi connectivity index (χ2n) is 9.18. The summed E-state index contributed by atoms with van der Waals surface area (Å²) in [6.07, 6.45) is 6.21. The first-order chi connectivity index (χ1) is 15.3. The van der Waals surface area contributed by atoms with Gasteiger partial charge in [0.2, 0.25) is 5.82 Å². The Hall–Kier alpha value is -2.57. The van der Waals surface area contributed by atoms with Crippen LogP contribution in [0, 0.1) is 31.6 Å². The van der Waals surface area contributed by atoms with Gasteiger partial charge in [0.15, 0.2) is 17.0 Å². The van der Waals surface area contributed by atoms with Gasteiger partial charge in [0.05, 0.1) is 18.6 Å². The average Bonchev–Trinajstić information content (AvgIpc) is 3.30. The number of imidazole rings is 1. The second kappa shape index (κ2) is 10.1. The predicted octanol–water partition coefficient (Wildman–Crippen LogP) is 4.10. The molecule has 9 heteroatoms. The summed E-state index contributed by atoms with van der Waals surface area (Å²) in [6, 6.07) is 0.227. The molecule has 4 rings (SSSR count). The first-order valence-electron chi connectivity index (χ1n) is 11.4. The SMILES string of the molecule is CC[C@H](C)Nc1nc(C#C[C@]2(O)CCC[C@@H](C)C2)nc2c1ncn2Cc1c(C)noc1C.S. The molecule has 178 valence electrons. The first kappa shape index (κ1) is 25.1. The van der Waals surface area contributed by atoms with Crippen molar-refractivity contribution < 1.29 is 9.63 Å². The van der Waals surface area contributed by atoms with E-state index < -0.39 is 5.60 Å². The van der Waals surface area contributed by atoms with Gasteiger partial charge in [-0.25, -0.2) is 15.0 Å². The van der Waals surface area contributed by atoms with Gasteiger partial charge in [0, 0.05) is 11.6 Å². The predicted molar refractivity (Wildman–Crippen MR) is 134 cm³/mol. The Morgan fingerprint density at radius 1 is 1.36 bits per heavy atom. The first-order valence-corrected chi connectivity index (χ1v) is 11.4. The summed E-state index contributed by atoms with van der Waals surface area (Å²) in [5.74, 6) is 8.43. The molecule has 0 amide bonds. The van der Waals surface area contributed by atoms with E-state index in [0.29, 0.717) is 48.1 Å². The number of anilines is 1. The van der Waals surface area contributed by atoms with E-state index in [4.69, 9.17) is 9.51 Å². The fourth-order valence-corrected chi connectivity index (χ4v) is 4.26. The number of hydrogen-bond acceptors (Lipinski definition) is 7. The van der Waals surface area contributed by atoms with E-state index in [0.717, 1.165) is 36.3 Å². The summed E-state index contributed by atoms with van der Waals surface area (Å²) in [7, 11) is 0. The van der Waals surface area contributed by atoms with Crippen molar-refractivity contribution in [1.82, 2.24) is 24.7 Å². The summed E-state index contributed by atoms with van der Waals surface area (Å²) in [6.45, 7) is 10.8. The molecule has 8 nitrogen and oxygen atoms in total. The van der Waals surface area contributed by atoms with E-state index >= 15 is 0 Å². The summed E-state index contributed by atoms with van der Waals surface area (Å²) in [5, 5.41) is 18.4. The molecule has 0 unspecified atom stereocenters. The Morgan fingerprint density at radius 2 is 2.15 bits per heavy atom. The number of aliphatic hydroxyl groups is 1. The van der Waals surface area contributed by atoms with Gasteiger partial charge in [-0.1, -0.05) is 31.3 Å². The van der Waals surface area contributed by atoms with Crippen LogP contribution < -0.4 is 5.32 Å². The number of aryl methyl sites for hydroxylation is 2. The van der Waals surface area contributed by atoms with Crippen molar-refractivity contribution >= 4 is 30.5 Å². The Balaban J connectivity index is 0.00000306. The number of fused-ring (bicyclic) bond motifs is 1. The van der Waals surface area contributed by atoms with Crippen LogP contribution in [0.5, 0.6) is 0 Å². The zero-order chi connectivity index (χ0) is 22.9. The molecular formula is C24H34N6O2S. The van der Waals surface area contributed by atoms with Crippen LogP contribution >= 0.6 is 13.5 Å². The van der Waals surface area contributed by atoms with E-state index in [1.807, 2.05) is 18.4 Å². The molecule has 3 aromatic heterocycles. The third kappa shape index (κ3) is 5.50. The minimum Gasteiger partial charge on any atom is -0.378 e. The van der Waals surface area contributed by atoms with Gasteiger partial charge < -0.3 is 19.5 Å². The van der Waals surface area contributed by atoms with Crippen LogP contribution in [0.25, 0.3) is 11.2 Å². The molecule has 2 N–H and O–H groups in total. The monoisotopic (exact) mass is 470 g/mol. The van der Waals surface area contributed by atoms with Gasteiger partial charge in [-0.3, -0.25) is 0 Å². The van der Waals surface area contributed by atoms with Crippen LogP contribution in [0.4, 0.5) is 5.82 Å². The van der Waals surface area contributed by atoms with Crippen molar-refractivity contribution in [3.8, 4) is 11.8 Å². The largest absolute Gasteiger partial charge is 0.378 e. The standard InChI is InChI=1S/C24H32N6O2.H2S/c1-6-16(3)26-22-21-23(30(14-25-21)13-19-17(4)29-32-18(19)5)28-20(27-22)9-11-24(31)10-7-8-15(2)12-24;/h14-16,31H,6-8,10,12-13H2,1-5H3,(H,26,27,28);1H2/t15-,16+,24-;/m1./s1. The molecule has 0 saturated heterocycles. The molecule has 0 spiro atoms. The third-order valence-electron chi connectivity index (χ3n) is 6.35. The lowest BCUT2D eigenvalue weighted by atomic mass is 9.79. The third-order valence-corrected chi connectivity index (χ3v) is 6.35. The summed E-state index contributed by atoms with van der Waals surface area (Å²) in [4.78, 5) is 14.0. The van der Waals surface area contributed by atoms with Gasteiger partial charge in [-0.15, -0.1) is 0 Å². The molecule has 3 heterocycles. The molecule has 0 aliphatic heterocycles. The lowest BCUT2D eigenvalue weighted by Gasteiger charge is -2.30. The normalized spacial score (nSPS) is 21.2. The van der Waals surface area contributed by atoms with Crippen LogP contribution in [0.15, 0.2) is 10.9 Å². The van der Waals surface area contributed by atoms with Crippen molar-refractivity contribution in [3.63, 3.8) is 0 Å². The topological polar surface area (TPSA) is 102 Å². The van der Waals surface area contributed by atoms with Gasteiger partial charge in [0.25, 0.3) is 0 Å². The highest BCUT2D eigenvalue weighted by atomic mass is 32.1. The zero-order valence-corrected chi connectivity index (χ0v) is 21.1. The number of hydrogen-bond donors (Lipinski definition) is 2. The number of nitrogens with zero attached hydrogens (tertiary/aromatic N) is 5. The van der Waals surface area contributed by atoms with Crippen LogP contribution in [0.2, 0.25) is 0 Å².